The van der Waals surface area contributed by atoms with Crippen molar-refractivity contribution in [2.45, 2.75) is 6.92 Å². The van der Waals surface area contributed by atoms with E-state index in [1.165, 1.54) is 22.5 Å². The molecular weight excluding hydrogens is 402 g/mol. The molecule has 2 aromatic carbocycles. The van der Waals surface area contributed by atoms with Crippen molar-refractivity contribution in [2.24, 2.45) is 0 Å². The maximum atomic E-state index is 13.2. The maximum absolute atomic E-state index is 13.2. The van der Waals surface area contributed by atoms with Gasteiger partial charge in [0, 0.05) is 24.1 Å². The lowest BCUT2D eigenvalue weighted by molar-refractivity contribution is -0.122. The van der Waals surface area contributed by atoms with E-state index in [1.807, 2.05) is 18.2 Å². The molecule has 1 N–H and O–H groups in total. The van der Waals surface area contributed by atoms with Crippen LogP contribution in [0.2, 0.25) is 0 Å². The van der Waals surface area contributed by atoms with Gasteiger partial charge in [-0.25, -0.2) is 0 Å². The SMILES string of the molecule is COc1ccc(N2C(=O)/C(=C/c3cn(C(C)=O)c4ccccc34)C(=O)NC2=S)cc1. The van der Waals surface area contributed by atoms with E-state index >= 15 is 0 Å². The Bertz CT molecular complexity index is 1240. The largest absolute Gasteiger partial charge is 0.497 e. The van der Waals surface area contributed by atoms with Gasteiger partial charge in [0.25, 0.3) is 11.8 Å². The Morgan fingerprint density at radius 2 is 1.80 bits per heavy atom. The smallest absolute Gasteiger partial charge is 0.270 e. The van der Waals surface area contributed by atoms with Crippen molar-refractivity contribution >= 4 is 57.7 Å². The van der Waals surface area contributed by atoms with E-state index in [0.717, 1.165) is 5.39 Å². The molecular formula is C22H17N3O4S. The van der Waals surface area contributed by atoms with Gasteiger partial charge in [-0.05, 0) is 48.6 Å². The van der Waals surface area contributed by atoms with Gasteiger partial charge in [0.05, 0.1) is 18.3 Å². The number of nitrogens with one attached hydrogen (secondary N) is 1. The molecule has 1 aliphatic heterocycles. The molecule has 4 rings (SSSR count). The molecule has 1 fully saturated rings. The van der Waals surface area contributed by atoms with Crippen molar-refractivity contribution in [1.29, 1.82) is 0 Å². The van der Waals surface area contributed by atoms with Crippen molar-refractivity contribution in [3.05, 3.63) is 65.9 Å². The molecule has 0 unspecified atom stereocenters. The van der Waals surface area contributed by atoms with E-state index < -0.39 is 11.8 Å². The highest BCUT2D eigenvalue weighted by Gasteiger charge is 2.34. The lowest BCUT2D eigenvalue weighted by atomic mass is 10.1. The summed E-state index contributed by atoms with van der Waals surface area (Å²) in [5.74, 6) is -0.676. The zero-order valence-electron chi connectivity index (χ0n) is 16.2. The number of para-hydroxylation sites is 1. The van der Waals surface area contributed by atoms with Gasteiger partial charge in [-0.3, -0.25) is 29.2 Å². The van der Waals surface area contributed by atoms with Gasteiger partial charge in [-0.1, -0.05) is 18.2 Å². The number of aromatic nitrogens is 1. The summed E-state index contributed by atoms with van der Waals surface area (Å²) in [6.07, 6.45) is 3.10. The van der Waals surface area contributed by atoms with Gasteiger partial charge >= 0.3 is 0 Å². The number of ether oxygens (including phenoxy) is 1. The standard InChI is InChI=1S/C22H17N3O4S/c1-13(26)24-12-14(17-5-3-4-6-19(17)24)11-18-20(27)23-22(30)25(21(18)28)15-7-9-16(29-2)10-8-15/h3-12H,1-2H3,(H,23,27,30)/b18-11+. The Hall–Kier alpha value is -3.78. The van der Waals surface area contributed by atoms with Crippen LogP contribution in [0.4, 0.5) is 5.69 Å². The van der Waals surface area contributed by atoms with Crippen molar-refractivity contribution in [1.82, 2.24) is 9.88 Å². The number of thiocarbonyl (C=S) groups is 1. The van der Waals surface area contributed by atoms with Gasteiger partial charge in [-0.15, -0.1) is 0 Å². The van der Waals surface area contributed by atoms with Crippen LogP contribution in [-0.2, 0) is 9.59 Å². The monoisotopic (exact) mass is 419 g/mol. The predicted molar refractivity (Wildman–Crippen MR) is 117 cm³/mol. The summed E-state index contributed by atoms with van der Waals surface area (Å²) in [4.78, 5) is 39.0. The van der Waals surface area contributed by atoms with Crippen LogP contribution in [0.1, 0.15) is 17.3 Å². The van der Waals surface area contributed by atoms with Crippen LogP contribution in [0.5, 0.6) is 5.75 Å². The molecule has 2 amide bonds. The number of carbonyl (C=O) groups excluding carboxylic acids is 3. The summed E-state index contributed by atoms with van der Waals surface area (Å²) in [7, 11) is 1.55. The van der Waals surface area contributed by atoms with Crippen LogP contribution in [0, 0.1) is 0 Å². The summed E-state index contributed by atoms with van der Waals surface area (Å²) >= 11 is 5.22. The molecule has 30 heavy (non-hydrogen) atoms. The molecule has 8 heteroatoms. The van der Waals surface area contributed by atoms with E-state index in [2.05, 4.69) is 5.32 Å². The summed E-state index contributed by atoms with van der Waals surface area (Å²) in [5, 5.41) is 3.31. The number of nitrogens with zero attached hydrogens (tertiary/aromatic N) is 2. The third kappa shape index (κ3) is 3.27. The van der Waals surface area contributed by atoms with Crippen LogP contribution in [0.25, 0.3) is 17.0 Å². The van der Waals surface area contributed by atoms with E-state index in [1.54, 1.807) is 43.6 Å². The highest BCUT2D eigenvalue weighted by molar-refractivity contribution is 7.80. The van der Waals surface area contributed by atoms with Gasteiger partial charge in [-0.2, -0.15) is 0 Å². The van der Waals surface area contributed by atoms with E-state index in [-0.39, 0.29) is 16.6 Å². The fraction of sp³-hybridized carbons (Fsp3) is 0.0909. The number of fused-ring (bicyclic) bond motifs is 1. The first-order chi connectivity index (χ1) is 14.4. The number of benzene rings is 2. The van der Waals surface area contributed by atoms with E-state index in [0.29, 0.717) is 22.5 Å². The average Bonchev–Trinajstić information content (AvgIpc) is 3.10. The summed E-state index contributed by atoms with van der Waals surface area (Å²) in [6, 6.07) is 14.0. The minimum atomic E-state index is -0.589. The molecule has 150 valence electrons. The van der Waals surface area contributed by atoms with E-state index in [4.69, 9.17) is 17.0 Å². The number of anilines is 1. The third-order valence-electron chi connectivity index (χ3n) is 4.81. The quantitative estimate of drug-likeness (QED) is 0.401. The summed E-state index contributed by atoms with van der Waals surface area (Å²) < 4.78 is 6.63. The molecule has 3 aromatic rings. The summed E-state index contributed by atoms with van der Waals surface area (Å²) in [6.45, 7) is 1.45. The number of rotatable bonds is 3. The topological polar surface area (TPSA) is 80.6 Å². The molecule has 0 bridgehead atoms. The minimum Gasteiger partial charge on any atom is -0.497 e. The Morgan fingerprint density at radius 3 is 2.47 bits per heavy atom. The van der Waals surface area contributed by atoms with Crippen molar-refractivity contribution in [3.63, 3.8) is 0 Å². The molecule has 0 spiro atoms. The van der Waals surface area contributed by atoms with Crippen molar-refractivity contribution in [2.75, 3.05) is 12.0 Å². The second-order valence-electron chi connectivity index (χ2n) is 6.65. The highest BCUT2D eigenvalue weighted by atomic mass is 32.1. The Morgan fingerprint density at radius 1 is 1.10 bits per heavy atom. The molecule has 0 saturated carbocycles. The Kier molecular flexibility index (Phi) is 4.93. The molecule has 0 radical (unpaired) electrons. The van der Waals surface area contributed by atoms with Crippen molar-refractivity contribution < 1.29 is 19.1 Å². The Labute approximate surface area is 177 Å². The number of amides is 2. The molecule has 7 nitrogen and oxygen atoms in total. The van der Waals surface area contributed by atoms with E-state index in [9.17, 15) is 14.4 Å². The minimum absolute atomic E-state index is 0.00141. The van der Waals surface area contributed by atoms with Crippen LogP contribution < -0.4 is 15.0 Å². The highest BCUT2D eigenvalue weighted by Crippen LogP contribution is 2.27. The lowest BCUT2D eigenvalue weighted by Gasteiger charge is -2.29. The molecule has 1 saturated heterocycles. The average molecular weight is 419 g/mol. The fourth-order valence-electron chi connectivity index (χ4n) is 3.36. The molecule has 0 atom stereocenters. The number of hydrogen-bond donors (Lipinski definition) is 1. The first-order valence-corrected chi connectivity index (χ1v) is 9.48. The first kappa shape index (κ1) is 19.5. The normalized spacial score (nSPS) is 15.6. The van der Waals surface area contributed by atoms with Crippen molar-refractivity contribution in [3.8, 4) is 5.75 Å². The molecule has 0 aliphatic carbocycles. The summed E-state index contributed by atoms with van der Waals surface area (Å²) in [5.41, 5.74) is 1.71. The van der Waals surface area contributed by atoms with Gasteiger partial charge in [0.1, 0.15) is 11.3 Å². The molecule has 2 heterocycles. The zero-order valence-corrected chi connectivity index (χ0v) is 17.0. The second-order valence-corrected chi connectivity index (χ2v) is 7.03. The van der Waals surface area contributed by atoms with Crippen LogP contribution in [0.3, 0.4) is 0 Å². The van der Waals surface area contributed by atoms with Gasteiger partial charge in [0.2, 0.25) is 5.91 Å². The fourth-order valence-corrected chi connectivity index (χ4v) is 3.64. The third-order valence-corrected chi connectivity index (χ3v) is 5.10. The Balaban J connectivity index is 1.80. The first-order valence-electron chi connectivity index (χ1n) is 9.07. The number of carbonyl (C=O) groups is 3. The predicted octanol–water partition coefficient (Wildman–Crippen LogP) is 3.14. The molecule has 1 aromatic heterocycles. The number of methoxy groups -OCH3 is 1. The zero-order chi connectivity index (χ0) is 21.4. The van der Waals surface area contributed by atoms with Crippen LogP contribution >= 0.6 is 12.2 Å². The van der Waals surface area contributed by atoms with Crippen LogP contribution in [-0.4, -0.2) is 34.5 Å². The van der Waals surface area contributed by atoms with Gasteiger partial charge < -0.3 is 4.74 Å². The van der Waals surface area contributed by atoms with Crippen LogP contribution in [0.15, 0.2) is 60.3 Å². The second kappa shape index (κ2) is 7.57. The maximum Gasteiger partial charge on any atom is 0.270 e. The van der Waals surface area contributed by atoms with Gasteiger partial charge in [0.15, 0.2) is 5.11 Å². The number of hydrogen-bond acceptors (Lipinski definition) is 5. The molecule has 1 aliphatic rings. The lowest BCUT2D eigenvalue weighted by Crippen LogP contribution is -2.54.